The molecule has 0 bridgehead atoms. The summed E-state index contributed by atoms with van der Waals surface area (Å²) in [6.07, 6.45) is 0. The zero-order valence-electron chi connectivity index (χ0n) is 16.1. The van der Waals surface area contributed by atoms with Crippen molar-refractivity contribution in [1.82, 2.24) is 15.1 Å². The summed E-state index contributed by atoms with van der Waals surface area (Å²) in [6, 6.07) is 13.3. The van der Waals surface area contributed by atoms with Crippen molar-refractivity contribution in [2.24, 2.45) is 0 Å². The first-order valence-electron chi connectivity index (χ1n) is 9.04. The van der Waals surface area contributed by atoms with E-state index in [-0.39, 0.29) is 22.9 Å². The van der Waals surface area contributed by atoms with Gasteiger partial charge < -0.3 is 10.2 Å². The third-order valence-corrected chi connectivity index (χ3v) is 4.31. The van der Waals surface area contributed by atoms with Crippen LogP contribution in [-0.4, -0.2) is 47.8 Å². The van der Waals surface area contributed by atoms with Crippen molar-refractivity contribution < 1.29 is 19.0 Å². The highest BCUT2D eigenvalue weighted by Crippen LogP contribution is 2.25. The summed E-state index contributed by atoms with van der Waals surface area (Å²) >= 11 is 0. The number of non-ortho nitro benzene ring substituents is 1. The van der Waals surface area contributed by atoms with E-state index in [0.29, 0.717) is 17.9 Å². The number of carbonyl (C=O) groups is 1. The number of quaternary nitrogens is 1. The van der Waals surface area contributed by atoms with Crippen LogP contribution < -0.4 is 10.2 Å². The zero-order chi connectivity index (χ0) is 21.0. The molecule has 0 spiro atoms. The molecule has 2 N–H and O–H groups in total. The van der Waals surface area contributed by atoms with Crippen molar-refractivity contribution >= 4 is 11.6 Å². The molecule has 29 heavy (non-hydrogen) atoms. The minimum absolute atomic E-state index is 0.0739. The smallest absolute Gasteiger partial charge is 0.270 e. The highest BCUT2D eigenvalue weighted by atomic mass is 19.1. The molecular weight excluding hydrogens is 377 g/mol. The Morgan fingerprint density at radius 1 is 1.21 bits per heavy atom. The Bertz CT molecular complexity index is 1030. The van der Waals surface area contributed by atoms with Gasteiger partial charge >= 0.3 is 0 Å². The third-order valence-electron chi connectivity index (χ3n) is 4.31. The van der Waals surface area contributed by atoms with Crippen molar-refractivity contribution in [1.29, 1.82) is 0 Å². The molecule has 0 saturated heterocycles. The van der Waals surface area contributed by atoms with Crippen LogP contribution in [0.4, 0.5) is 10.1 Å². The fourth-order valence-corrected chi connectivity index (χ4v) is 2.77. The number of nitrogens with one attached hydrogen (secondary N) is 2. The maximum absolute atomic E-state index is 14.2. The average molecular weight is 398 g/mol. The molecule has 150 valence electrons. The number of hydrogen-bond donors (Lipinski definition) is 2. The van der Waals surface area contributed by atoms with Gasteiger partial charge in [0.1, 0.15) is 11.5 Å². The van der Waals surface area contributed by atoms with Crippen molar-refractivity contribution in [3.05, 3.63) is 76.2 Å². The monoisotopic (exact) mass is 398 g/mol. The van der Waals surface area contributed by atoms with E-state index in [0.717, 1.165) is 6.54 Å². The van der Waals surface area contributed by atoms with Crippen LogP contribution in [0.3, 0.4) is 0 Å². The van der Waals surface area contributed by atoms with Gasteiger partial charge in [0.2, 0.25) is 0 Å². The standard InChI is InChI=1S/C20H20FN5O3/c1-24(2)12-11-22-20(27)19-13-18(16-5-3-4-6-17(16)21)23-25(19)14-7-9-15(10-8-14)26(28)29/h3-10,13H,11-12H2,1-2H3,(H,22,27)/p+1. The third kappa shape index (κ3) is 4.64. The van der Waals surface area contributed by atoms with Crippen molar-refractivity contribution in [2.45, 2.75) is 0 Å². The van der Waals surface area contributed by atoms with E-state index >= 15 is 0 Å². The maximum Gasteiger partial charge on any atom is 0.270 e. The molecule has 3 rings (SSSR count). The van der Waals surface area contributed by atoms with Gasteiger partial charge in [-0.15, -0.1) is 0 Å². The van der Waals surface area contributed by atoms with Gasteiger partial charge in [-0.05, 0) is 30.3 Å². The van der Waals surface area contributed by atoms with Crippen LogP contribution in [0, 0.1) is 15.9 Å². The number of nitro groups is 1. The molecule has 0 unspecified atom stereocenters. The molecule has 0 aliphatic carbocycles. The highest BCUT2D eigenvalue weighted by molar-refractivity contribution is 5.94. The minimum atomic E-state index is -0.505. The van der Waals surface area contributed by atoms with Crippen molar-refractivity contribution in [3.8, 4) is 16.9 Å². The molecule has 3 aromatic rings. The molecule has 2 aromatic carbocycles. The number of likely N-dealkylation sites (N-methyl/N-ethyl adjacent to an activating group) is 1. The summed E-state index contributed by atoms with van der Waals surface area (Å²) in [5.41, 5.74) is 1.16. The highest BCUT2D eigenvalue weighted by Gasteiger charge is 2.19. The van der Waals surface area contributed by atoms with E-state index < -0.39 is 10.7 Å². The molecule has 1 amide bonds. The number of aromatic nitrogens is 2. The Balaban J connectivity index is 2.01. The van der Waals surface area contributed by atoms with Gasteiger partial charge in [-0.25, -0.2) is 9.07 Å². The molecule has 9 heteroatoms. The Morgan fingerprint density at radius 2 is 1.90 bits per heavy atom. The van der Waals surface area contributed by atoms with E-state index in [2.05, 4.69) is 10.4 Å². The van der Waals surface area contributed by atoms with E-state index in [1.165, 1.54) is 46.0 Å². The molecule has 0 radical (unpaired) electrons. The van der Waals surface area contributed by atoms with Crippen LogP contribution in [0.5, 0.6) is 0 Å². The molecule has 0 fully saturated rings. The average Bonchev–Trinajstić information content (AvgIpc) is 3.13. The SMILES string of the molecule is C[NH+](C)CCNC(=O)c1cc(-c2ccccc2F)nn1-c1ccc([N+](=O)[O-])cc1. The van der Waals surface area contributed by atoms with Crippen LogP contribution >= 0.6 is 0 Å². The topological polar surface area (TPSA) is 94.5 Å². The minimum Gasteiger partial charge on any atom is -0.345 e. The Labute approximate surface area is 166 Å². The largest absolute Gasteiger partial charge is 0.345 e. The summed E-state index contributed by atoms with van der Waals surface area (Å²) in [4.78, 5) is 24.3. The second kappa shape index (κ2) is 8.61. The number of nitrogens with zero attached hydrogens (tertiary/aromatic N) is 3. The number of nitro benzene ring substituents is 1. The molecule has 8 nitrogen and oxygen atoms in total. The molecule has 0 saturated carbocycles. The fraction of sp³-hybridized carbons (Fsp3) is 0.200. The molecule has 0 atom stereocenters. The maximum atomic E-state index is 14.2. The predicted octanol–water partition coefficient (Wildman–Crippen LogP) is 1.46. The van der Waals surface area contributed by atoms with Gasteiger partial charge in [-0.1, -0.05) is 12.1 Å². The van der Waals surface area contributed by atoms with Gasteiger partial charge in [-0.3, -0.25) is 14.9 Å². The number of carbonyl (C=O) groups excluding carboxylic acids is 1. The lowest BCUT2D eigenvalue weighted by molar-refractivity contribution is -0.856. The van der Waals surface area contributed by atoms with E-state index in [1.54, 1.807) is 18.2 Å². The van der Waals surface area contributed by atoms with Crippen LogP contribution in [0.1, 0.15) is 10.5 Å². The molecule has 1 heterocycles. The number of benzene rings is 2. The number of halogens is 1. The summed E-state index contributed by atoms with van der Waals surface area (Å²) in [5.74, 6) is -0.816. The Kier molecular flexibility index (Phi) is 5.99. The van der Waals surface area contributed by atoms with Crippen molar-refractivity contribution in [3.63, 3.8) is 0 Å². The second-order valence-corrected chi connectivity index (χ2v) is 6.79. The van der Waals surface area contributed by atoms with Crippen LogP contribution in [0.2, 0.25) is 0 Å². The summed E-state index contributed by atoms with van der Waals surface area (Å²) in [5, 5.41) is 18.1. The number of amides is 1. The Hall–Kier alpha value is -3.59. The first kappa shape index (κ1) is 20.2. The lowest BCUT2D eigenvalue weighted by Gasteiger charge is -2.10. The fourth-order valence-electron chi connectivity index (χ4n) is 2.77. The molecular formula is C20H21FN5O3+. The van der Waals surface area contributed by atoms with Crippen molar-refractivity contribution in [2.75, 3.05) is 27.2 Å². The first-order chi connectivity index (χ1) is 13.9. The van der Waals surface area contributed by atoms with E-state index in [4.69, 9.17) is 0 Å². The molecule has 1 aromatic heterocycles. The van der Waals surface area contributed by atoms with Gasteiger partial charge in [0.05, 0.1) is 43.5 Å². The summed E-state index contributed by atoms with van der Waals surface area (Å²) < 4.78 is 15.6. The van der Waals surface area contributed by atoms with Gasteiger partial charge in [0, 0.05) is 17.7 Å². The summed E-state index contributed by atoms with van der Waals surface area (Å²) in [7, 11) is 3.95. The van der Waals surface area contributed by atoms with Gasteiger partial charge in [0.15, 0.2) is 0 Å². The van der Waals surface area contributed by atoms with Gasteiger partial charge in [0.25, 0.3) is 11.6 Å². The van der Waals surface area contributed by atoms with Crippen LogP contribution in [-0.2, 0) is 0 Å². The van der Waals surface area contributed by atoms with Gasteiger partial charge in [-0.2, -0.15) is 5.10 Å². The number of rotatable bonds is 7. The molecule has 0 aliphatic rings. The molecule has 0 aliphatic heterocycles. The quantitative estimate of drug-likeness (QED) is 0.465. The lowest BCUT2D eigenvalue weighted by atomic mass is 10.1. The Morgan fingerprint density at radius 3 is 2.52 bits per heavy atom. The number of hydrogen-bond acceptors (Lipinski definition) is 4. The second-order valence-electron chi connectivity index (χ2n) is 6.79. The first-order valence-corrected chi connectivity index (χ1v) is 9.04. The predicted molar refractivity (Wildman–Crippen MR) is 106 cm³/mol. The summed E-state index contributed by atoms with van der Waals surface area (Å²) in [6.45, 7) is 1.19. The van der Waals surface area contributed by atoms with E-state index in [1.807, 2.05) is 14.1 Å². The zero-order valence-corrected chi connectivity index (χ0v) is 16.1. The lowest BCUT2D eigenvalue weighted by Crippen LogP contribution is -3.06. The van der Waals surface area contributed by atoms with E-state index in [9.17, 15) is 19.3 Å². The van der Waals surface area contributed by atoms with Crippen LogP contribution in [0.25, 0.3) is 16.9 Å². The van der Waals surface area contributed by atoms with Crippen LogP contribution in [0.15, 0.2) is 54.6 Å². The normalized spacial score (nSPS) is 10.9.